The molecule has 0 spiro atoms. The molecule has 4 heteroatoms. The normalized spacial score (nSPS) is 13.9. The molecule has 0 aliphatic heterocycles. The van der Waals surface area contributed by atoms with Crippen molar-refractivity contribution in [3.8, 4) is 6.07 Å². The van der Waals surface area contributed by atoms with Crippen molar-refractivity contribution >= 4 is 5.97 Å². The highest BCUT2D eigenvalue weighted by molar-refractivity contribution is 5.79. The lowest BCUT2D eigenvalue weighted by Crippen LogP contribution is -2.30. The lowest BCUT2D eigenvalue weighted by molar-refractivity contribution is -0.151. The Labute approximate surface area is 88.4 Å². The molecule has 0 saturated carbocycles. The van der Waals surface area contributed by atoms with Crippen LogP contribution in [0.1, 0.15) is 19.6 Å². The maximum absolute atomic E-state index is 11.5. The molecule has 0 fully saturated rings. The number of ether oxygens (including phenoxy) is 1. The number of nitriles is 1. The molecule has 0 aliphatic carbocycles. The maximum atomic E-state index is 11.5. The predicted octanol–water partition coefficient (Wildman–Crippen LogP) is 1.92. The van der Waals surface area contributed by atoms with Crippen LogP contribution >= 0.6 is 0 Å². The fourth-order valence-corrected chi connectivity index (χ4v) is 1.21. The molecule has 0 aliphatic rings. The minimum Gasteiger partial charge on any atom is -0.469 e. The molecule has 1 aromatic rings. The quantitative estimate of drug-likeness (QED) is 0.707. The van der Waals surface area contributed by atoms with Crippen LogP contribution in [-0.2, 0) is 16.0 Å². The number of hydrogen-bond acceptors (Lipinski definition) is 4. The van der Waals surface area contributed by atoms with E-state index in [0.717, 1.165) is 0 Å². The fourth-order valence-electron chi connectivity index (χ4n) is 1.21. The molecule has 1 atom stereocenters. The molecule has 0 amide bonds. The van der Waals surface area contributed by atoms with Crippen LogP contribution in [0.25, 0.3) is 0 Å². The number of carbonyl (C=O) groups is 1. The van der Waals surface area contributed by atoms with Crippen LogP contribution in [0, 0.1) is 16.7 Å². The standard InChI is InChI=1S/C11H13NO3/c1-3-14-10(13)11(2,8-12)7-9-5-4-6-15-9/h4-6H,3,7H2,1-2H3. The van der Waals surface area contributed by atoms with E-state index >= 15 is 0 Å². The van der Waals surface area contributed by atoms with Gasteiger partial charge < -0.3 is 9.15 Å². The van der Waals surface area contributed by atoms with Crippen molar-refractivity contribution in [3.63, 3.8) is 0 Å². The Kier molecular flexibility index (Phi) is 3.51. The summed E-state index contributed by atoms with van der Waals surface area (Å²) in [5, 5.41) is 8.99. The van der Waals surface area contributed by atoms with E-state index in [1.165, 1.54) is 6.26 Å². The highest BCUT2D eigenvalue weighted by Crippen LogP contribution is 2.23. The monoisotopic (exact) mass is 207 g/mol. The number of carbonyl (C=O) groups excluding carboxylic acids is 1. The van der Waals surface area contributed by atoms with Gasteiger partial charge in [-0.3, -0.25) is 4.79 Å². The van der Waals surface area contributed by atoms with E-state index in [9.17, 15) is 4.79 Å². The second kappa shape index (κ2) is 4.65. The zero-order chi connectivity index (χ0) is 11.3. The number of nitrogens with zero attached hydrogens (tertiary/aromatic N) is 1. The Bertz CT molecular complexity index is 364. The third-order valence-electron chi connectivity index (χ3n) is 2.08. The first kappa shape index (κ1) is 11.3. The summed E-state index contributed by atoms with van der Waals surface area (Å²) in [6.45, 7) is 3.53. The van der Waals surface area contributed by atoms with E-state index in [-0.39, 0.29) is 13.0 Å². The SMILES string of the molecule is CCOC(=O)C(C)(C#N)Cc1ccco1. The van der Waals surface area contributed by atoms with Crippen LogP contribution < -0.4 is 0 Å². The van der Waals surface area contributed by atoms with Crippen molar-refractivity contribution < 1.29 is 13.9 Å². The van der Waals surface area contributed by atoms with E-state index in [0.29, 0.717) is 5.76 Å². The topological polar surface area (TPSA) is 63.2 Å². The highest BCUT2D eigenvalue weighted by atomic mass is 16.5. The summed E-state index contributed by atoms with van der Waals surface area (Å²) >= 11 is 0. The van der Waals surface area contributed by atoms with Gasteiger partial charge in [0.25, 0.3) is 0 Å². The molecule has 1 aromatic heterocycles. The van der Waals surface area contributed by atoms with Gasteiger partial charge in [0.05, 0.1) is 18.9 Å². The molecule has 80 valence electrons. The van der Waals surface area contributed by atoms with E-state index in [2.05, 4.69) is 0 Å². The third kappa shape index (κ3) is 2.59. The second-order valence-electron chi connectivity index (χ2n) is 3.42. The Balaban J connectivity index is 2.78. The minimum absolute atomic E-state index is 0.231. The van der Waals surface area contributed by atoms with Crippen molar-refractivity contribution in [2.24, 2.45) is 5.41 Å². The van der Waals surface area contributed by atoms with E-state index in [1.807, 2.05) is 6.07 Å². The van der Waals surface area contributed by atoms with Gasteiger partial charge in [0.1, 0.15) is 5.76 Å². The maximum Gasteiger partial charge on any atom is 0.326 e. The Morgan fingerprint density at radius 1 is 1.73 bits per heavy atom. The molecule has 0 radical (unpaired) electrons. The fraction of sp³-hybridized carbons (Fsp3) is 0.455. The zero-order valence-corrected chi connectivity index (χ0v) is 8.82. The number of furan rings is 1. The van der Waals surface area contributed by atoms with Crippen LogP contribution in [0.4, 0.5) is 0 Å². The lowest BCUT2D eigenvalue weighted by atomic mass is 9.87. The summed E-state index contributed by atoms with van der Waals surface area (Å²) < 4.78 is 9.94. The molecule has 0 aromatic carbocycles. The lowest BCUT2D eigenvalue weighted by Gasteiger charge is -2.17. The van der Waals surface area contributed by atoms with Crippen molar-refractivity contribution in [3.05, 3.63) is 24.2 Å². The Morgan fingerprint density at radius 2 is 2.47 bits per heavy atom. The van der Waals surface area contributed by atoms with Crippen LogP contribution in [-0.4, -0.2) is 12.6 Å². The highest BCUT2D eigenvalue weighted by Gasteiger charge is 2.36. The summed E-state index contributed by atoms with van der Waals surface area (Å²) in [6.07, 6.45) is 1.74. The average Bonchev–Trinajstić information content (AvgIpc) is 2.70. The third-order valence-corrected chi connectivity index (χ3v) is 2.08. The first-order valence-electron chi connectivity index (χ1n) is 4.73. The van der Waals surface area contributed by atoms with Gasteiger partial charge in [-0.1, -0.05) is 0 Å². The summed E-state index contributed by atoms with van der Waals surface area (Å²) in [7, 11) is 0. The largest absolute Gasteiger partial charge is 0.469 e. The molecule has 1 unspecified atom stereocenters. The van der Waals surface area contributed by atoms with Gasteiger partial charge in [0, 0.05) is 6.42 Å². The van der Waals surface area contributed by atoms with Crippen molar-refractivity contribution in [2.75, 3.05) is 6.61 Å². The van der Waals surface area contributed by atoms with E-state index < -0.39 is 11.4 Å². The van der Waals surface area contributed by atoms with Gasteiger partial charge in [-0.2, -0.15) is 5.26 Å². The van der Waals surface area contributed by atoms with Crippen molar-refractivity contribution in [2.45, 2.75) is 20.3 Å². The number of esters is 1. The first-order chi connectivity index (χ1) is 7.12. The van der Waals surface area contributed by atoms with Gasteiger partial charge >= 0.3 is 5.97 Å². The molecule has 1 heterocycles. The van der Waals surface area contributed by atoms with Gasteiger partial charge in [0.15, 0.2) is 5.41 Å². The Hall–Kier alpha value is -1.76. The molecular weight excluding hydrogens is 194 g/mol. The molecular formula is C11H13NO3. The van der Waals surface area contributed by atoms with Gasteiger partial charge in [-0.15, -0.1) is 0 Å². The molecule has 15 heavy (non-hydrogen) atoms. The number of rotatable bonds is 4. The summed E-state index contributed by atoms with van der Waals surface area (Å²) in [6, 6.07) is 5.42. The first-order valence-corrected chi connectivity index (χ1v) is 4.73. The van der Waals surface area contributed by atoms with Crippen LogP contribution in [0.15, 0.2) is 22.8 Å². The van der Waals surface area contributed by atoms with Crippen LogP contribution in [0.2, 0.25) is 0 Å². The van der Waals surface area contributed by atoms with Gasteiger partial charge in [-0.25, -0.2) is 0 Å². The Morgan fingerprint density at radius 3 is 2.93 bits per heavy atom. The summed E-state index contributed by atoms with van der Waals surface area (Å²) in [5.41, 5.74) is -1.17. The number of hydrogen-bond donors (Lipinski definition) is 0. The summed E-state index contributed by atoms with van der Waals surface area (Å²) in [4.78, 5) is 11.5. The minimum atomic E-state index is -1.17. The summed E-state index contributed by atoms with van der Waals surface area (Å²) in [5.74, 6) is 0.0935. The molecule has 0 N–H and O–H groups in total. The van der Waals surface area contributed by atoms with Crippen molar-refractivity contribution in [1.82, 2.24) is 0 Å². The predicted molar refractivity (Wildman–Crippen MR) is 52.8 cm³/mol. The molecule has 0 bridgehead atoms. The average molecular weight is 207 g/mol. The zero-order valence-electron chi connectivity index (χ0n) is 8.82. The molecule has 0 saturated heterocycles. The molecule has 4 nitrogen and oxygen atoms in total. The van der Waals surface area contributed by atoms with Crippen molar-refractivity contribution in [1.29, 1.82) is 5.26 Å². The van der Waals surface area contributed by atoms with Gasteiger partial charge in [0.2, 0.25) is 0 Å². The van der Waals surface area contributed by atoms with Crippen LogP contribution in [0.3, 0.4) is 0 Å². The van der Waals surface area contributed by atoms with E-state index in [4.69, 9.17) is 14.4 Å². The second-order valence-corrected chi connectivity index (χ2v) is 3.42. The molecule has 1 rings (SSSR count). The van der Waals surface area contributed by atoms with Crippen LogP contribution in [0.5, 0.6) is 0 Å². The van der Waals surface area contributed by atoms with Gasteiger partial charge in [-0.05, 0) is 26.0 Å². The smallest absolute Gasteiger partial charge is 0.326 e. The van der Waals surface area contributed by atoms with E-state index in [1.54, 1.807) is 26.0 Å².